The maximum atomic E-state index is 12.7. The number of aromatic nitrogens is 1. The summed E-state index contributed by atoms with van der Waals surface area (Å²) in [6.07, 6.45) is 7.62. The largest absolute Gasteiger partial charge is 0.487 e. The van der Waals surface area contributed by atoms with Crippen LogP contribution in [0.2, 0.25) is 0 Å². The third kappa shape index (κ3) is 6.31. The third-order valence-electron chi connectivity index (χ3n) is 5.72. The van der Waals surface area contributed by atoms with Gasteiger partial charge in [-0.1, -0.05) is 37.8 Å². The van der Waals surface area contributed by atoms with Gasteiger partial charge >= 0.3 is 0 Å². The second-order valence-corrected chi connectivity index (χ2v) is 9.89. The molecule has 6 nitrogen and oxygen atoms in total. The van der Waals surface area contributed by atoms with Gasteiger partial charge in [0.25, 0.3) is 0 Å². The molecule has 2 aromatic carbocycles. The number of pyridine rings is 1. The first-order valence-electron chi connectivity index (χ1n) is 11.1. The summed E-state index contributed by atoms with van der Waals surface area (Å²) in [5.74, 6) is 1.39. The molecule has 32 heavy (non-hydrogen) atoms. The number of nitrogens with one attached hydrogen (secondary N) is 2. The van der Waals surface area contributed by atoms with Crippen LogP contribution < -0.4 is 14.8 Å². The van der Waals surface area contributed by atoms with Crippen molar-refractivity contribution in [3.05, 3.63) is 78.6 Å². The lowest BCUT2D eigenvalue weighted by Crippen LogP contribution is -2.26. The Kier molecular flexibility index (Phi) is 7.39. The highest BCUT2D eigenvalue weighted by Crippen LogP contribution is 2.27. The van der Waals surface area contributed by atoms with E-state index in [1.165, 1.54) is 25.7 Å². The lowest BCUT2D eigenvalue weighted by Gasteiger charge is -2.12. The molecule has 0 atom stereocenters. The molecule has 0 saturated heterocycles. The number of sulfonamides is 1. The Balaban J connectivity index is 1.32. The van der Waals surface area contributed by atoms with Crippen molar-refractivity contribution < 1.29 is 13.2 Å². The summed E-state index contributed by atoms with van der Waals surface area (Å²) in [7, 11) is -3.52. The minimum Gasteiger partial charge on any atom is -0.487 e. The first-order chi connectivity index (χ1) is 15.6. The van der Waals surface area contributed by atoms with Gasteiger partial charge in [0, 0.05) is 24.1 Å². The first-order valence-corrected chi connectivity index (χ1v) is 12.6. The molecule has 168 valence electrons. The van der Waals surface area contributed by atoms with E-state index < -0.39 is 10.0 Å². The van der Waals surface area contributed by atoms with Crippen LogP contribution >= 0.6 is 0 Å². The van der Waals surface area contributed by atoms with Crippen LogP contribution in [0.25, 0.3) is 0 Å². The predicted molar refractivity (Wildman–Crippen MR) is 126 cm³/mol. The Morgan fingerprint density at radius 2 is 1.75 bits per heavy atom. The van der Waals surface area contributed by atoms with E-state index >= 15 is 0 Å². The van der Waals surface area contributed by atoms with E-state index in [9.17, 15) is 8.42 Å². The Morgan fingerprint density at radius 1 is 0.938 bits per heavy atom. The van der Waals surface area contributed by atoms with Crippen LogP contribution in [-0.2, 0) is 16.6 Å². The van der Waals surface area contributed by atoms with E-state index in [0.29, 0.717) is 24.8 Å². The van der Waals surface area contributed by atoms with Crippen LogP contribution in [0.3, 0.4) is 0 Å². The van der Waals surface area contributed by atoms with Gasteiger partial charge in [-0.15, -0.1) is 0 Å². The molecular weight excluding hydrogens is 422 g/mol. The van der Waals surface area contributed by atoms with Crippen molar-refractivity contribution in [1.29, 1.82) is 0 Å². The molecule has 0 radical (unpaired) electrons. The van der Waals surface area contributed by atoms with Crippen molar-refractivity contribution in [2.24, 2.45) is 5.92 Å². The fourth-order valence-electron chi connectivity index (χ4n) is 3.96. The molecule has 0 spiro atoms. The summed E-state index contributed by atoms with van der Waals surface area (Å²) in [6.45, 7) is 0.895. The molecule has 0 unspecified atom stereocenters. The SMILES string of the molecule is O=S(=O)(NCCC1CCCC1)c1cccc(Nc2ccc(OCc3ccccn3)cc2)c1. The normalized spacial score (nSPS) is 14.4. The fourth-order valence-corrected chi connectivity index (χ4v) is 5.06. The van der Waals surface area contributed by atoms with Gasteiger partial charge in [0.15, 0.2) is 0 Å². The van der Waals surface area contributed by atoms with Crippen molar-refractivity contribution in [1.82, 2.24) is 9.71 Å². The second kappa shape index (κ2) is 10.6. The molecule has 4 rings (SSSR count). The number of hydrogen-bond donors (Lipinski definition) is 2. The Labute approximate surface area is 190 Å². The zero-order valence-electron chi connectivity index (χ0n) is 18.0. The first kappa shape index (κ1) is 22.3. The van der Waals surface area contributed by atoms with Crippen molar-refractivity contribution in [2.75, 3.05) is 11.9 Å². The van der Waals surface area contributed by atoms with Crippen LogP contribution in [0.5, 0.6) is 5.75 Å². The molecule has 1 aliphatic carbocycles. The van der Waals surface area contributed by atoms with Crippen LogP contribution in [0.15, 0.2) is 77.8 Å². The van der Waals surface area contributed by atoms with Gasteiger partial charge in [-0.3, -0.25) is 4.98 Å². The Bertz CT molecular complexity index is 1100. The van der Waals surface area contributed by atoms with Crippen molar-refractivity contribution in [2.45, 2.75) is 43.6 Å². The van der Waals surface area contributed by atoms with Crippen LogP contribution in [0, 0.1) is 5.92 Å². The van der Waals surface area contributed by atoms with Gasteiger partial charge in [0.05, 0.1) is 10.6 Å². The molecule has 1 saturated carbocycles. The minimum atomic E-state index is -3.52. The van der Waals surface area contributed by atoms with E-state index in [1.54, 1.807) is 24.4 Å². The summed E-state index contributed by atoms with van der Waals surface area (Å²) in [5, 5.41) is 3.26. The van der Waals surface area contributed by atoms with E-state index in [2.05, 4.69) is 15.0 Å². The average molecular weight is 452 g/mol. The fraction of sp³-hybridized carbons (Fsp3) is 0.320. The maximum Gasteiger partial charge on any atom is 0.240 e. The molecule has 3 aromatic rings. The smallest absolute Gasteiger partial charge is 0.240 e. The van der Waals surface area contributed by atoms with Crippen LogP contribution in [0.1, 0.15) is 37.8 Å². The van der Waals surface area contributed by atoms with Gasteiger partial charge in [-0.2, -0.15) is 0 Å². The molecule has 7 heteroatoms. The Morgan fingerprint density at radius 3 is 2.50 bits per heavy atom. The number of benzene rings is 2. The summed E-state index contributed by atoms with van der Waals surface area (Å²) >= 11 is 0. The van der Waals surface area contributed by atoms with Gasteiger partial charge in [-0.25, -0.2) is 13.1 Å². The van der Waals surface area contributed by atoms with Crippen molar-refractivity contribution in [3.8, 4) is 5.75 Å². The number of hydrogen-bond acceptors (Lipinski definition) is 5. The van der Waals surface area contributed by atoms with Gasteiger partial charge in [-0.05, 0) is 66.9 Å². The summed E-state index contributed by atoms with van der Waals surface area (Å²) in [5.41, 5.74) is 2.43. The summed E-state index contributed by atoms with van der Waals surface area (Å²) < 4.78 is 33.9. The molecule has 1 heterocycles. The molecule has 1 aliphatic rings. The van der Waals surface area contributed by atoms with Crippen LogP contribution in [0.4, 0.5) is 11.4 Å². The standard InChI is InChI=1S/C25H29N3O3S/c29-32(30,27-17-15-20-6-1-2-7-20)25-10-5-9-22(18-25)28-21-11-13-24(14-12-21)31-19-23-8-3-4-16-26-23/h3-5,8-14,16,18,20,27-28H,1-2,6-7,15,17,19H2. The number of anilines is 2. The quantitative estimate of drug-likeness (QED) is 0.439. The molecule has 0 aliphatic heterocycles. The van der Waals surface area contributed by atoms with Crippen LogP contribution in [-0.4, -0.2) is 19.9 Å². The zero-order valence-corrected chi connectivity index (χ0v) is 18.9. The maximum absolute atomic E-state index is 12.7. The topological polar surface area (TPSA) is 80.3 Å². The van der Waals surface area contributed by atoms with E-state index in [-0.39, 0.29) is 4.90 Å². The molecule has 0 bridgehead atoms. The number of ether oxygens (including phenoxy) is 1. The zero-order chi connectivity index (χ0) is 22.2. The van der Waals surface area contributed by atoms with E-state index in [4.69, 9.17) is 4.74 Å². The van der Waals surface area contributed by atoms with Crippen molar-refractivity contribution >= 4 is 21.4 Å². The lowest BCUT2D eigenvalue weighted by molar-refractivity contribution is 0.301. The van der Waals surface area contributed by atoms with E-state index in [0.717, 1.165) is 23.6 Å². The average Bonchev–Trinajstić information content (AvgIpc) is 3.33. The summed E-state index contributed by atoms with van der Waals surface area (Å²) in [4.78, 5) is 4.51. The molecule has 1 aromatic heterocycles. The highest BCUT2D eigenvalue weighted by atomic mass is 32.2. The number of rotatable bonds is 10. The summed E-state index contributed by atoms with van der Waals surface area (Å²) in [6, 6.07) is 20.1. The Hall–Kier alpha value is -2.90. The second-order valence-electron chi connectivity index (χ2n) is 8.12. The van der Waals surface area contributed by atoms with E-state index in [1.807, 2.05) is 48.5 Å². The van der Waals surface area contributed by atoms with Gasteiger partial charge < -0.3 is 10.1 Å². The highest BCUT2D eigenvalue weighted by Gasteiger charge is 2.18. The molecule has 2 N–H and O–H groups in total. The third-order valence-corrected chi connectivity index (χ3v) is 7.18. The monoisotopic (exact) mass is 451 g/mol. The minimum absolute atomic E-state index is 0.268. The number of nitrogens with zero attached hydrogens (tertiary/aromatic N) is 1. The lowest BCUT2D eigenvalue weighted by atomic mass is 10.1. The molecule has 0 amide bonds. The molecular formula is C25H29N3O3S. The highest BCUT2D eigenvalue weighted by molar-refractivity contribution is 7.89. The molecule has 1 fully saturated rings. The van der Waals surface area contributed by atoms with Gasteiger partial charge in [0.2, 0.25) is 10.0 Å². The predicted octanol–water partition coefficient (Wildman–Crippen LogP) is 5.26. The van der Waals surface area contributed by atoms with Crippen molar-refractivity contribution in [3.63, 3.8) is 0 Å². The van der Waals surface area contributed by atoms with Gasteiger partial charge in [0.1, 0.15) is 12.4 Å².